The number of carbonyl (C=O) groups is 1. The van der Waals surface area contributed by atoms with E-state index >= 15 is 0 Å². The highest BCUT2D eigenvalue weighted by atomic mass is 19.1. The number of carbonyl (C=O) groups excluding carboxylic acids is 1. The van der Waals surface area contributed by atoms with E-state index in [0.29, 0.717) is 5.92 Å². The summed E-state index contributed by atoms with van der Waals surface area (Å²) in [5, 5.41) is 5.49. The first kappa shape index (κ1) is 13.3. The zero-order valence-corrected chi connectivity index (χ0v) is 10.1. The Kier molecular flexibility index (Phi) is 6.19. The fourth-order valence-corrected chi connectivity index (χ4v) is 2.49. The summed E-state index contributed by atoms with van der Waals surface area (Å²) in [7, 11) is 0. The maximum Gasteiger partial charge on any atom is 0.315 e. The van der Waals surface area contributed by atoms with Crippen molar-refractivity contribution in [2.75, 3.05) is 13.2 Å². The summed E-state index contributed by atoms with van der Waals surface area (Å²) < 4.78 is 11.9. The predicted molar refractivity (Wildman–Crippen MR) is 63.2 cm³/mol. The molecule has 0 unspecified atom stereocenters. The minimum atomic E-state index is -0.503. The molecule has 16 heavy (non-hydrogen) atoms. The van der Waals surface area contributed by atoms with Gasteiger partial charge in [-0.05, 0) is 25.2 Å². The molecule has 3 nitrogen and oxygen atoms in total. The van der Waals surface area contributed by atoms with Gasteiger partial charge in [-0.2, -0.15) is 0 Å². The zero-order valence-electron chi connectivity index (χ0n) is 10.1. The van der Waals surface area contributed by atoms with Gasteiger partial charge in [0.05, 0.1) is 0 Å². The van der Waals surface area contributed by atoms with Crippen molar-refractivity contribution in [3.8, 4) is 0 Å². The molecule has 1 rings (SSSR count). The van der Waals surface area contributed by atoms with Crippen molar-refractivity contribution < 1.29 is 9.18 Å². The van der Waals surface area contributed by atoms with Crippen LogP contribution in [0.1, 0.15) is 45.4 Å². The van der Waals surface area contributed by atoms with E-state index in [0.717, 1.165) is 12.8 Å². The van der Waals surface area contributed by atoms with E-state index in [2.05, 4.69) is 17.6 Å². The molecule has 2 amide bonds. The molecule has 0 bridgehead atoms. The molecule has 2 atom stereocenters. The summed E-state index contributed by atoms with van der Waals surface area (Å²) >= 11 is 0. The Bertz CT molecular complexity index is 209. The van der Waals surface area contributed by atoms with Gasteiger partial charge in [0, 0.05) is 12.6 Å². The molecule has 0 saturated heterocycles. The average Bonchev–Trinajstić information content (AvgIpc) is 2.29. The molecule has 0 aliphatic heterocycles. The SMILES string of the molecule is CCC[C@@H]1CCCC[C@H]1NC(=O)NCCF. The molecule has 2 N–H and O–H groups in total. The smallest absolute Gasteiger partial charge is 0.315 e. The lowest BCUT2D eigenvalue weighted by molar-refractivity contribution is 0.212. The Balaban J connectivity index is 2.33. The fourth-order valence-electron chi connectivity index (χ4n) is 2.49. The molecule has 1 aliphatic rings. The van der Waals surface area contributed by atoms with Crippen molar-refractivity contribution in [3.63, 3.8) is 0 Å². The summed E-state index contributed by atoms with van der Waals surface area (Å²) in [5.74, 6) is 0.606. The van der Waals surface area contributed by atoms with Gasteiger partial charge in [-0.3, -0.25) is 0 Å². The number of halogens is 1. The average molecular weight is 230 g/mol. The molecule has 1 aliphatic carbocycles. The molecule has 1 saturated carbocycles. The third-order valence-corrected chi connectivity index (χ3v) is 3.27. The molecule has 0 spiro atoms. The number of hydrogen-bond acceptors (Lipinski definition) is 1. The van der Waals surface area contributed by atoms with Gasteiger partial charge in [0.1, 0.15) is 6.67 Å². The van der Waals surface area contributed by atoms with E-state index in [9.17, 15) is 9.18 Å². The Labute approximate surface area is 97.2 Å². The molecule has 0 radical (unpaired) electrons. The van der Waals surface area contributed by atoms with Crippen molar-refractivity contribution >= 4 is 6.03 Å². The summed E-state index contributed by atoms with van der Waals surface area (Å²) in [6.45, 7) is 1.78. The topological polar surface area (TPSA) is 41.1 Å². The maximum absolute atomic E-state index is 11.9. The second-order valence-electron chi connectivity index (χ2n) is 4.53. The third kappa shape index (κ3) is 4.37. The molecule has 0 heterocycles. The van der Waals surface area contributed by atoms with Gasteiger partial charge in [-0.1, -0.05) is 26.2 Å². The molecule has 0 aromatic rings. The fraction of sp³-hybridized carbons (Fsp3) is 0.917. The van der Waals surface area contributed by atoms with Gasteiger partial charge >= 0.3 is 6.03 Å². The Morgan fingerprint density at radius 3 is 2.81 bits per heavy atom. The second kappa shape index (κ2) is 7.47. The Morgan fingerprint density at radius 1 is 1.38 bits per heavy atom. The number of nitrogens with one attached hydrogen (secondary N) is 2. The van der Waals surface area contributed by atoms with Crippen LogP contribution >= 0.6 is 0 Å². The molecular formula is C12H23FN2O. The van der Waals surface area contributed by atoms with Crippen LogP contribution in [0.2, 0.25) is 0 Å². The van der Waals surface area contributed by atoms with E-state index in [1.165, 1.54) is 25.7 Å². The highest BCUT2D eigenvalue weighted by Gasteiger charge is 2.25. The summed E-state index contributed by atoms with van der Waals surface area (Å²) in [6, 6.07) is 0.0685. The van der Waals surface area contributed by atoms with Gasteiger partial charge in [-0.25, -0.2) is 9.18 Å². The Hall–Kier alpha value is -0.800. The van der Waals surface area contributed by atoms with Crippen LogP contribution < -0.4 is 10.6 Å². The lowest BCUT2D eigenvalue weighted by Crippen LogP contribution is -2.47. The lowest BCUT2D eigenvalue weighted by Gasteiger charge is -2.32. The van der Waals surface area contributed by atoms with Crippen LogP contribution in [0.15, 0.2) is 0 Å². The second-order valence-corrected chi connectivity index (χ2v) is 4.53. The van der Waals surface area contributed by atoms with Gasteiger partial charge in [0.2, 0.25) is 0 Å². The molecule has 4 heteroatoms. The third-order valence-electron chi connectivity index (χ3n) is 3.27. The van der Waals surface area contributed by atoms with Gasteiger partial charge in [0.15, 0.2) is 0 Å². The first-order chi connectivity index (χ1) is 7.77. The van der Waals surface area contributed by atoms with Crippen LogP contribution in [0.5, 0.6) is 0 Å². The predicted octanol–water partition coefficient (Wildman–Crippen LogP) is 2.61. The van der Waals surface area contributed by atoms with E-state index < -0.39 is 6.67 Å². The molecule has 1 fully saturated rings. The number of hydrogen-bond donors (Lipinski definition) is 2. The maximum atomic E-state index is 11.9. The van der Waals surface area contributed by atoms with Crippen molar-refractivity contribution in [2.24, 2.45) is 5.92 Å². The molecular weight excluding hydrogens is 207 g/mol. The zero-order chi connectivity index (χ0) is 11.8. The van der Waals surface area contributed by atoms with Crippen LogP contribution in [0.4, 0.5) is 9.18 Å². The number of rotatable bonds is 5. The molecule has 0 aromatic heterocycles. The minimum absolute atomic E-state index is 0.108. The van der Waals surface area contributed by atoms with Crippen LogP contribution in [0.3, 0.4) is 0 Å². The van der Waals surface area contributed by atoms with E-state index in [4.69, 9.17) is 0 Å². The lowest BCUT2D eigenvalue weighted by atomic mass is 9.82. The van der Waals surface area contributed by atoms with E-state index in [-0.39, 0.29) is 18.6 Å². The number of amides is 2. The van der Waals surface area contributed by atoms with Gasteiger partial charge in [0.25, 0.3) is 0 Å². The normalized spacial score (nSPS) is 25.1. The van der Waals surface area contributed by atoms with Crippen LogP contribution in [0.25, 0.3) is 0 Å². The standard InChI is InChI=1S/C12H23FN2O/c1-2-5-10-6-3-4-7-11(10)15-12(16)14-9-8-13/h10-11H,2-9H2,1H3,(H2,14,15,16)/t10-,11-/m1/s1. The summed E-state index contributed by atoms with van der Waals surface area (Å²) in [4.78, 5) is 11.4. The van der Waals surface area contributed by atoms with E-state index in [1.807, 2.05) is 0 Å². The highest BCUT2D eigenvalue weighted by Crippen LogP contribution is 2.27. The van der Waals surface area contributed by atoms with Crippen LogP contribution in [-0.4, -0.2) is 25.3 Å². The van der Waals surface area contributed by atoms with Crippen LogP contribution in [-0.2, 0) is 0 Å². The van der Waals surface area contributed by atoms with Crippen LogP contribution in [0, 0.1) is 5.92 Å². The summed E-state index contributed by atoms with van der Waals surface area (Å²) in [5.41, 5.74) is 0. The van der Waals surface area contributed by atoms with Crippen molar-refractivity contribution in [1.82, 2.24) is 10.6 Å². The van der Waals surface area contributed by atoms with Crippen molar-refractivity contribution in [3.05, 3.63) is 0 Å². The largest absolute Gasteiger partial charge is 0.336 e. The molecule has 94 valence electrons. The van der Waals surface area contributed by atoms with Crippen molar-refractivity contribution in [1.29, 1.82) is 0 Å². The number of alkyl halides is 1. The van der Waals surface area contributed by atoms with E-state index in [1.54, 1.807) is 0 Å². The first-order valence-electron chi connectivity index (χ1n) is 6.38. The number of urea groups is 1. The van der Waals surface area contributed by atoms with Crippen molar-refractivity contribution in [2.45, 2.75) is 51.5 Å². The quantitative estimate of drug-likeness (QED) is 0.749. The minimum Gasteiger partial charge on any atom is -0.336 e. The highest BCUT2D eigenvalue weighted by molar-refractivity contribution is 5.74. The van der Waals surface area contributed by atoms with Gasteiger partial charge < -0.3 is 10.6 Å². The Morgan fingerprint density at radius 2 is 2.12 bits per heavy atom. The first-order valence-corrected chi connectivity index (χ1v) is 6.38. The summed E-state index contributed by atoms with van der Waals surface area (Å²) in [6.07, 6.45) is 7.07. The van der Waals surface area contributed by atoms with Gasteiger partial charge in [-0.15, -0.1) is 0 Å². The monoisotopic (exact) mass is 230 g/mol. The molecule has 0 aromatic carbocycles.